The van der Waals surface area contributed by atoms with Crippen molar-refractivity contribution in [3.05, 3.63) is 22.8 Å². The average molecular weight is 268 g/mol. The van der Waals surface area contributed by atoms with Gasteiger partial charge in [-0.1, -0.05) is 6.92 Å². The van der Waals surface area contributed by atoms with Crippen molar-refractivity contribution in [3.63, 3.8) is 0 Å². The Morgan fingerprint density at radius 3 is 3.13 bits per heavy atom. The lowest BCUT2D eigenvalue weighted by molar-refractivity contribution is -0.115. The number of amides is 1. The zero-order valence-corrected chi connectivity index (χ0v) is 9.76. The lowest BCUT2D eigenvalue weighted by Gasteiger charge is -2.05. The number of nitrogens with zero attached hydrogens (tertiary/aromatic N) is 1. The van der Waals surface area contributed by atoms with E-state index >= 15 is 0 Å². The molecule has 0 aliphatic heterocycles. The van der Waals surface area contributed by atoms with Crippen molar-refractivity contribution >= 4 is 38.4 Å². The van der Waals surface area contributed by atoms with Crippen LogP contribution in [0, 0.1) is 0 Å². The van der Waals surface area contributed by atoms with E-state index in [-0.39, 0.29) is 5.91 Å². The van der Waals surface area contributed by atoms with Crippen LogP contribution in [-0.2, 0) is 4.79 Å². The van der Waals surface area contributed by atoms with Gasteiger partial charge in [-0.05, 0) is 28.1 Å². The Balaban J connectivity index is 2.41. The van der Waals surface area contributed by atoms with Crippen LogP contribution in [0.4, 0.5) is 5.69 Å². The highest BCUT2D eigenvalue weighted by molar-refractivity contribution is 9.10. The van der Waals surface area contributed by atoms with E-state index in [0.717, 1.165) is 21.1 Å². The molecule has 2 aromatic rings. The van der Waals surface area contributed by atoms with Gasteiger partial charge in [0, 0.05) is 16.3 Å². The Kier molecular flexibility index (Phi) is 2.73. The van der Waals surface area contributed by atoms with E-state index in [2.05, 4.69) is 31.4 Å². The lowest BCUT2D eigenvalue weighted by Crippen LogP contribution is -2.09. The van der Waals surface area contributed by atoms with Gasteiger partial charge in [0.1, 0.15) is 0 Å². The summed E-state index contributed by atoms with van der Waals surface area (Å²) in [4.78, 5) is 11.3. The molecule has 0 fully saturated rings. The van der Waals surface area contributed by atoms with Gasteiger partial charge in [0.25, 0.3) is 0 Å². The lowest BCUT2D eigenvalue weighted by atomic mass is 10.2. The smallest absolute Gasteiger partial charge is 0.224 e. The first-order valence-electron chi connectivity index (χ1n) is 4.63. The maximum atomic E-state index is 11.3. The Morgan fingerprint density at radius 1 is 1.60 bits per heavy atom. The van der Waals surface area contributed by atoms with Crippen LogP contribution >= 0.6 is 15.9 Å². The normalized spacial score (nSPS) is 10.5. The van der Waals surface area contributed by atoms with Gasteiger partial charge < -0.3 is 5.32 Å². The number of anilines is 1. The van der Waals surface area contributed by atoms with Gasteiger partial charge in [0.15, 0.2) is 0 Å². The summed E-state index contributed by atoms with van der Waals surface area (Å²) in [5, 5.41) is 10.6. The van der Waals surface area contributed by atoms with E-state index in [1.807, 2.05) is 19.1 Å². The molecule has 0 atom stereocenters. The van der Waals surface area contributed by atoms with Crippen molar-refractivity contribution < 1.29 is 4.79 Å². The molecule has 0 radical (unpaired) electrons. The van der Waals surface area contributed by atoms with Crippen LogP contribution in [0.15, 0.2) is 22.8 Å². The van der Waals surface area contributed by atoms with Gasteiger partial charge in [-0.2, -0.15) is 5.10 Å². The third-order valence-electron chi connectivity index (χ3n) is 2.12. The number of carbonyl (C=O) groups excluding carboxylic acids is 1. The summed E-state index contributed by atoms with van der Waals surface area (Å²) in [7, 11) is 0. The van der Waals surface area contributed by atoms with Crippen LogP contribution in [0.2, 0.25) is 0 Å². The number of carbonyl (C=O) groups is 1. The van der Waals surface area contributed by atoms with Crippen LogP contribution in [0.5, 0.6) is 0 Å². The minimum Gasteiger partial charge on any atom is -0.325 e. The molecule has 0 aliphatic carbocycles. The molecule has 1 amide bonds. The molecule has 78 valence electrons. The molecule has 1 aromatic heterocycles. The molecular weight excluding hydrogens is 258 g/mol. The molecule has 0 bridgehead atoms. The van der Waals surface area contributed by atoms with Crippen LogP contribution in [0.1, 0.15) is 13.3 Å². The number of halogens is 1. The molecule has 5 heteroatoms. The monoisotopic (exact) mass is 267 g/mol. The minimum atomic E-state index is -0.00503. The van der Waals surface area contributed by atoms with Crippen molar-refractivity contribution in [2.24, 2.45) is 0 Å². The summed E-state index contributed by atoms with van der Waals surface area (Å²) in [6, 6.07) is 3.78. The fourth-order valence-corrected chi connectivity index (χ4v) is 1.76. The van der Waals surface area contributed by atoms with E-state index in [1.54, 1.807) is 6.20 Å². The van der Waals surface area contributed by atoms with Gasteiger partial charge >= 0.3 is 0 Å². The van der Waals surface area contributed by atoms with Gasteiger partial charge in [-0.3, -0.25) is 9.89 Å². The standard InChI is InChI=1S/C10H10BrN3O/c1-2-10(15)13-9-4-8-6(3-7(9)11)5-12-14-8/h3-5H,2H2,1H3,(H,12,14)(H,13,15). The minimum absolute atomic E-state index is 0.00503. The summed E-state index contributed by atoms with van der Waals surface area (Å²) >= 11 is 3.40. The zero-order chi connectivity index (χ0) is 10.8. The fourth-order valence-electron chi connectivity index (χ4n) is 1.30. The van der Waals surface area contributed by atoms with Crippen LogP contribution < -0.4 is 5.32 Å². The second-order valence-corrected chi connectivity index (χ2v) is 4.05. The molecular formula is C10H10BrN3O. The predicted molar refractivity (Wildman–Crippen MR) is 62.7 cm³/mol. The summed E-state index contributed by atoms with van der Waals surface area (Å²) in [5.41, 5.74) is 1.67. The average Bonchev–Trinajstić information content (AvgIpc) is 2.65. The Morgan fingerprint density at radius 2 is 2.40 bits per heavy atom. The number of hydrogen-bond acceptors (Lipinski definition) is 2. The number of aromatic amines is 1. The number of H-pyrrole nitrogens is 1. The van der Waals surface area contributed by atoms with Crippen LogP contribution in [-0.4, -0.2) is 16.1 Å². The Bertz CT molecular complexity index is 506. The van der Waals surface area contributed by atoms with Gasteiger partial charge in [0.05, 0.1) is 17.4 Å². The maximum Gasteiger partial charge on any atom is 0.224 e. The van der Waals surface area contributed by atoms with E-state index in [1.165, 1.54) is 0 Å². The third-order valence-corrected chi connectivity index (χ3v) is 2.78. The van der Waals surface area contributed by atoms with E-state index in [9.17, 15) is 4.79 Å². The van der Waals surface area contributed by atoms with E-state index in [0.29, 0.717) is 6.42 Å². The number of hydrogen-bond donors (Lipinski definition) is 2. The fraction of sp³-hybridized carbons (Fsp3) is 0.200. The molecule has 1 aromatic carbocycles. The van der Waals surface area contributed by atoms with Crippen LogP contribution in [0.3, 0.4) is 0 Å². The largest absolute Gasteiger partial charge is 0.325 e. The van der Waals surface area contributed by atoms with E-state index < -0.39 is 0 Å². The topological polar surface area (TPSA) is 57.8 Å². The highest BCUT2D eigenvalue weighted by Gasteiger charge is 2.06. The van der Waals surface area contributed by atoms with E-state index in [4.69, 9.17) is 0 Å². The number of nitrogens with one attached hydrogen (secondary N) is 2. The van der Waals surface area contributed by atoms with Gasteiger partial charge in [-0.15, -0.1) is 0 Å². The Labute approximate surface area is 95.2 Å². The molecule has 2 N–H and O–H groups in total. The molecule has 0 unspecified atom stereocenters. The first-order chi connectivity index (χ1) is 7.20. The molecule has 0 aliphatic rings. The number of aromatic nitrogens is 2. The highest BCUT2D eigenvalue weighted by Crippen LogP contribution is 2.27. The second kappa shape index (κ2) is 4.02. The second-order valence-electron chi connectivity index (χ2n) is 3.19. The predicted octanol–water partition coefficient (Wildman–Crippen LogP) is 2.67. The molecule has 0 saturated heterocycles. The van der Waals surface area contributed by atoms with Crippen molar-refractivity contribution in [2.75, 3.05) is 5.32 Å². The third kappa shape index (κ3) is 2.02. The molecule has 4 nitrogen and oxygen atoms in total. The number of rotatable bonds is 2. The molecule has 1 heterocycles. The molecule has 0 saturated carbocycles. The zero-order valence-electron chi connectivity index (χ0n) is 8.17. The van der Waals surface area contributed by atoms with Crippen molar-refractivity contribution in [1.82, 2.24) is 10.2 Å². The number of benzene rings is 1. The first kappa shape index (κ1) is 10.2. The van der Waals surface area contributed by atoms with Crippen molar-refractivity contribution in [2.45, 2.75) is 13.3 Å². The molecule has 15 heavy (non-hydrogen) atoms. The Hall–Kier alpha value is -1.36. The SMILES string of the molecule is CCC(=O)Nc1cc2[nH]ncc2cc1Br. The summed E-state index contributed by atoms with van der Waals surface area (Å²) < 4.78 is 0.859. The van der Waals surface area contributed by atoms with Gasteiger partial charge in [-0.25, -0.2) is 0 Å². The summed E-state index contributed by atoms with van der Waals surface area (Å²) in [5.74, 6) is -0.00503. The first-order valence-corrected chi connectivity index (χ1v) is 5.42. The maximum absolute atomic E-state index is 11.3. The van der Waals surface area contributed by atoms with Crippen LogP contribution in [0.25, 0.3) is 10.9 Å². The molecule has 0 spiro atoms. The summed E-state index contributed by atoms with van der Waals surface area (Å²) in [6.45, 7) is 1.82. The molecule has 2 rings (SSSR count). The summed E-state index contributed by atoms with van der Waals surface area (Å²) in [6.07, 6.45) is 2.21. The number of fused-ring (bicyclic) bond motifs is 1. The highest BCUT2D eigenvalue weighted by atomic mass is 79.9. The van der Waals surface area contributed by atoms with Gasteiger partial charge in [0.2, 0.25) is 5.91 Å². The van der Waals surface area contributed by atoms with Crippen molar-refractivity contribution in [1.29, 1.82) is 0 Å². The quantitative estimate of drug-likeness (QED) is 0.879. The van der Waals surface area contributed by atoms with Crippen molar-refractivity contribution in [3.8, 4) is 0 Å².